The second-order valence-corrected chi connectivity index (χ2v) is 9.06. The molecule has 0 unspecified atom stereocenters. The Morgan fingerprint density at radius 2 is 1.66 bits per heavy atom. The average molecular weight is 432 g/mol. The van der Waals surface area contributed by atoms with Crippen LogP contribution in [0, 0.1) is 6.92 Å². The van der Waals surface area contributed by atoms with E-state index in [9.17, 15) is 9.90 Å². The summed E-state index contributed by atoms with van der Waals surface area (Å²) in [6.07, 6.45) is 0. The molecule has 0 aliphatic heterocycles. The van der Waals surface area contributed by atoms with Gasteiger partial charge >= 0.3 is 5.97 Å². The highest BCUT2D eigenvalue weighted by atomic mass is 16.5. The van der Waals surface area contributed by atoms with Crippen LogP contribution in [0.4, 0.5) is 0 Å². The van der Waals surface area contributed by atoms with Crippen molar-refractivity contribution in [2.24, 2.45) is 0 Å². The molecule has 0 amide bonds. The van der Waals surface area contributed by atoms with Crippen LogP contribution in [0.3, 0.4) is 0 Å². The Kier molecular flexibility index (Phi) is 5.59. The third-order valence-electron chi connectivity index (χ3n) is 5.99. The number of phenolic OH excluding ortho intramolecular Hbond substituents is 1. The van der Waals surface area contributed by atoms with Crippen molar-refractivity contribution in [2.45, 2.75) is 39.7 Å². The van der Waals surface area contributed by atoms with Crippen LogP contribution in [0.25, 0.3) is 21.7 Å². The number of methoxy groups -OCH3 is 1. The average Bonchev–Trinajstić information content (AvgIpc) is 3.04. The minimum atomic E-state index is -0.417. The lowest BCUT2D eigenvalue weighted by atomic mass is 9.87. The number of rotatable bonds is 5. The Morgan fingerprint density at radius 1 is 1.00 bits per heavy atom. The van der Waals surface area contributed by atoms with Crippen molar-refractivity contribution in [2.75, 3.05) is 13.7 Å². The fourth-order valence-corrected chi connectivity index (χ4v) is 4.26. The number of aromatic hydroxyl groups is 1. The van der Waals surface area contributed by atoms with Gasteiger partial charge in [-0.05, 0) is 36.1 Å². The fraction of sp³-hybridized carbons (Fsp3) is 0.296. The number of carbonyl (C=O) groups excluding carboxylic acids is 1. The van der Waals surface area contributed by atoms with E-state index in [0.29, 0.717) is 24.1 Å². The van der Waals surface area contributed by atoms with E-state index >= 15 is 0 Å². The standard InChI is InChI=1S/C27H29NO4/c1-17-24(26(30)31-5)22-16-23(29)20-8-6-7-9-21(20)25(22)28(17)14-15-32-19-12-10-18(11-13-19)27(2,3)4/h6-13,16,29H,14-15H2,1-5H3. The van der Waals surface area contributed by atoms with Crippen LogP contribution in [0.5, 0.6) is 11.5 Å². The second kappa shape index (κ2) is 8.23. The number of phenols is 1. The smallest absolute Gasteiger partial charge is 0.340 e. The number of esters is 1. The maximum Gasteiger partial charge on any atom is 0.340 e. The molecular formula is C27H29NO4. The highest BCUT2D eigenvalue weighted by Gasteiger charge is 2.23. The molecule has 0 radical (unpaired) electrons. The molecule has 0 bridgehead atoms. The van der Waals surface area contributed by atoms with Crippen LogP contribution in [0.2, 0.25) is 0 Å². The van der Waals surface area contributed by atoms with E-state index in [1.165, 1.54) is 12.7 Å². The van der Waals surface area contributed by atoms with Gasteiger partial charge in [0.05, 0.1) is 24.7 Å². The summed E-state index contributed by atoms with van der Waals surface area (Å²) in [5.74, 6) is 0.535. The molecule has 1 N–H and O–H groups in total. The van der Waals surface area contributed by atoms with Crippen molar-refractivity contribution in [3.63, 3.8) is 0 Å². The van der Waals surface area contributed by atoms with Crippen LogP contribution in [-0.2, 0) is 16.7 Å². The van der Waals surface area contributed by atoms with E-state index < -0.39 is 5.97 Å². The molecule has 0 saturated carbocycles. The van der Waals surface area contributed by atoms with E-state index in [0.717, 1.165) is 27.7 Å². The minimum Gasteiger partial charge on any atom is -0.507 e. The summed E-state index contributed by atoms with van der Waals surface area (Å²) in [4.78, 5) is 12.6. The van der Waals surface area contributed by atoms with Crippen LogP contribution >= 0.6 is 0 Å². The number of hydrogen-bond acceptors (Lipinski definition) is 4. The molecule has 0 atom stereocenters. The van der Waals surface area contributed by atoms with Crippen LogP contribution in [0.15, 0.2) is 54.6 Å². The van der Waals surface area contributed by atoms with Gasteiger partial charge in [-0.2, -0.15) is 0 Å². The molecule has 32 heavy (non-hydrogen) atoms. The first-order valence-electron chi connectivity index (χ1n) is 10.8. The SMILES string of the molecule is COC(=O)c1c(C)n(CCOc2ccc(C(C)(C)C)cc2)c2c1cc(O)c1ccccc12. The highest BCUT2D eigenvalue weighted by molar-refractivity contribution is 6.16. The van der Waals surface area contributed by atoms with Gasteiger partial charge < -0.3 is 19.1 Å². The molecule has 1 heterocycles. The maximum atomic E-state index is 12.6. The van der Waals surface area contributed by atoms with Crippen LogP contribution in [0.1, 0.15) is 42.4 Å². The number of ether oxygens (including phenoxy) is 2. The first-order valence-corrected chi connectivity index (χ1v) is 10.8. The Bertz CT molecular complexity index is 1290. The lowest BCUT2D eigenvalue weighted by Crippen LogP contribution is -2.12. The van der Waals surface area contributed by atoms with Gasteiger partial charge in [-0.3, -0.25) is 0 Å². The van der Waals surface area contributed by atoms with E-state index in [4.69, 9.17) is 9.47 Å². The zero-order valence-electron chi connectivity index (χ0n) is 19.2. The summed E-state index contributed by atoms with van der Waals surface area (Å²) in [7, 11) is 1.37. The van der Waals surface area contributed by atoms with Gasteiger partial charge in [-0.1, -0.05) is 57.2 Å². The predicted molar refractivity (Wildman–Crippen MR) is 128 cm³/mol. The molecule has 0 aliphatic rings. The third kappa shape index (κ3) is 3.79. The summed E-state index contributed by atoms with van der Waals surface area (Å²) in [5.41, 5.74) is 3.50. The summed E-state index contributed by atoms with van der Waals surface area (Å²) < 4.78 is 13.1. The molecule has 3 aromatic carbocycles. The number of benzene rings is 3. The van der Waals surface area contributed by atoms with Crippen molar-refractivity contribution in [1.82, 2.24) is 4.57 Å². The van der Waals surface area contributed by atoms with Crippen LogP contribution < -0.4 is 4.74 Å². The van der Waals surface area contributed by atoms with Gasteiger partial charge in [-0.25, -0.2) is 4.79 Å². The topological polar surface area (TPSA) is 60.7 Å². The monoisotopic (exact) mass is 431 g/mol. The Morgan fingerprint density at radius 3 is 2.28 bits per heavy atom. The fourth-order valence-electron chi connectivity index (χ4n) is 4.26. The molecule has 0 saturated heterocycles. The number of fused-ring (bicyclic) bond motifs is 3. The van der Waals surface area contributed by atoms with Gasteiger partial charge in [0.2, 0.25) is 0 Å². The Labute approximate surface area is 188 Å². The molecule has 0 spiro atoms. The molecular weight excluding hydrogens is 402 g/mol. The lowest BCUT2D eigenvalue weighted by Gasteiger charge is -2.19. The molecule has 4 aromatic rings. The largest absolute Gasteiger partial charge is 0.507 e. The Balaban J connectivity index is 1.71. The van der Waals surface area contributed by atoms with Gasteiger partial charge in [0.15, 0.2) is 0 Å². The summed E-state index contributed by atoms with van der Waals surface area (Å²) in [6, 6.07) is 17.5. The number of carbonyl (C=O) groups is 1. The van der Waals surface area contributed by atoms with Crippen LogP contribution in [-0.4, -0.2) is 29.4 Å². The zero-order chi connectivity index (χ0) is 23.0. The lowest BCUT2D eigenvalue weighted by molar-refractivity contribution is 0.0601. The van der Waals surface area contributed by atoms with Crippen molar-refractivity contribution < 1.29 is 19.4 Å². The van der Waals surface area contributed by atoms with Crippen molar-refractivity contribution in [1.29, 1.82) is 0 Å². The molecule has 166 valence electrons. The summed E-state index contributed by atoms with van der Waals surface area (Å²) >= 11 is 0. The number of hydrogen-bond donors (Lipinski definition) is 1. The first kappa shape index (κ1) is 21.8. The van der Waals surface area contributed by atoms with Gasteiger partial charge in [0.1, 0.15) is 18.1 Å². The van der Waals surface area contributed by atoms with Gasteiger partial charge in [0, 0.05) is 21.9 Å². The van der Waals surface area contributed by atoms with E-state index in [-0.39, 0.29) is 11.2 Å². The van der Waals surface area contributed by atoms with E-state index in [2.05, 4.69) is 37.5 Å². The molecule has 5 heteroatoms. The van der Waals surface area contributed by atoms with E-state index in [1.807, 2.05) is 43.3 Å². The first-order chi connectivity index (χ1) is 15.2. The van der Waals surface area contributed by atoms with Gasteiger partial charge in [-0.15, -0.1) is 0 Å². The molecule has 0 aliphatic carbocycles. The molecule has 4 rings (SSSR count). The Hall–Kier alpha value is -3.47. The van der Waals surface area contributed by atoms with Crippen molar-refractivity contribution >= 4 is 27.6 Å². The number of aromatic nitrogens is 1. The van der Waals surface area contributed by atoms with Gasteiger partial charge in [0.25, 0.3) is 0 Å². The highest BCUT2D eigenvalue weighted by Crippen LogP contribution is 2.37. The maximum absolute atomic E-state index is 12.6. The summed E-state index contributed by atoms with van der Waals surface area (Å²) in [6.45, 7) is 9.44. The quantitative estimate of drug-likeness (QED) is 0.395. The molecule has 0 fully saturated rings. The van der Waals surface area contributed by atoms with Crippen molar-refractivity contribution in [3.05, 3.63) is 71.4 Å². The normalized spacial score (nSPS) is 11.8. The predicted octanol–water partition coefficient (Wildman–Crippen LogP) is 5.97. The minimum absolute atomic E-state index is 0.0939. The van der Waals surface area contributed by atoms with Crippen molar-refractivity contribution in [3.8, 4) is 11.5 Å². The molecule has 5 nitrogen and oxygen atoms in total. The zero-order valence-corrected chi connectivity index (χ0v) is 19.2. The van der Waals surface area contributed by atoms with E-state index in [1.54, 1.807) is 6.07 Å². The summed E-state index contributed by atoms with van der Waals surface area (Å²) in [5, 5.41) is 12.9. The second-order valence-electron chi connectivity index (χ2n) is 9.06. The molecule has 1 aromatic heterocycles. The number of nitrogens with zero attached hydrogens (tertiary/aromatic N) is 1. The third-order valence-corrected chi connectivity index (χ3v) is 5.99.